The number of carbonyl (C=O) groups is 2. The molecule has 0 aromatic heterocycles. The molecule has 29 heavy (non-hydrogen) atoms. The lowest BCUT2D eigenvalue weighted by Gasteiger charge is -2.13. The summed E-state index contributed by atoms with van der Waals surface area (Å²) in [5, 5.41) is 2.44. The lowest BCUT2D eigenvalue weighted by molar-refractivity contribution is -0.149. The molecule has 0 atom stereocenters. The first-order chi connectivity index (χ1) is 13.6. The predicted molar refractivity (Wildman–Crippen MR) is 110 cm³/mol. The van der Waals surface area contributed by atoms with Gasteiger partial charge in [-0.1, -0.05) is 38.1 Å². The van der Waals surface area contributed by atoms with Crippen molar-refractivity contribution in [2.24, 2.45) is 0 Å². The SMILES string of the molecule is Cc1ccc(C(C)C)cc1OCC(=O)OCC(=O)Nc1ccccc1S(C)(=O)=O. The highest BCUT2D eigenvalue weighted by molar-refractivity contribution is 7.90. The number of amides is 1. The molecule has 7 nitrogen and oxygen atoms in total. The zero-order valence-corrected chi connectivity index (χ0v) is 17.7. The molecule has 0 heterocycles. The Labute approximate surface area is 170 Å². The summed E-state index contributed by atoms with van der Waals surface area (Å²) in [6, 6.07) is 11.8. The van der Waals surface area contributed by atoms with Gasteiger partial charge in [-0.2, -0.15) is 0 Å². The van der Waals surface area contributed by atoms with Crippen LogP contribution in [0.5, 0.6) is 5.75 Å². The number of ether oxygens (including phenoxy) is 2. The number of nitrogens with one attached hydrogen (secondary N) is 1. The number of aryl methyl sites for hydroxylation is 1. The molecule has 8 heteroatoms. The van der Waals surface area contributed by atoms with Gasteiger partial charge in [0.1, 0.15) is 5.75 Å². The molecule has 2 aromatic carbocycles. The number of sulfone groups is 1. The molecule has 0 fully saturated rings. The van der Waals surface area contributed by atoms with Gasteiger partial charge in [0.2, 0.25) is 0 Å². The Morgan fingerprint density at radius 3 is 2.41 bits per heavy atom. The van der Waals surface area contributed by atoms with E-state index >= 15 is 0 Å². The molecule has 0 spiro atoms. The maximum Gasteiger partial charge on any atom is 0.344 e. The molecule has 0 saturated heterocycles. The van der Waals surface area contributed by atoms with Crippen LogP contribution < -0.4 is 10.1 Å². The van der Waals surface area contributed by atoms with Crippen molar-refractivity contribution >= 4 is 27.4 Å². The van der Waals surface area contributed by atoms with Crippen LogP contribution in [0.4, 0.5) is 5.69 Å². The first kappa shape index (κ1) is 22.4. The minimum absolute atomic E-state index is 0.0106. The number of esters is 1. The Morgan fingerprint density at radius 2 is 1.76 bits per heavy atom. The Morgan fingerprint density at radius 1 is 1.07 bits per heavy atom. The fraction of sp³-hybridized carbons (Fsp3) is 0.333. The van der Waals surface area contributed by atoms with Crippen molar-refractivity contribution in [3.05, 3.63) is 53.6 Å². The van der Waals surface area contributed by atoms with Gasteiger partial charge in [0, 0.05) is 6.26 Å². The Bertz CT molecular complexity index is 998. The second kappa shape index (κ2) is 9.56. The van der Waals surface area contributed by atoms with E-state index < -0.39 is 28.3 Å². The zero-order chi connectivity index (χ0) is 21.6. The molecule has 1 N–H and O–H groups in total. The summed E-state index contributed by atoms with van der Waals surface area (Å²) in [5.74, 6) is -0.443. The Balaban J connectivity index is 1.89. The van der Waals surface area contributed by atoms with Crippen LogP contribution in [0.25, 0.3) is 0 Å². The van der Waals surface area contributed by atoms with Gasteiger partial charge in [-0.3, -0.25) is 4.79 Å². The maximum atomic E-state index is 12.0. The monoisotopic (exact) mass is 419 g/mol. The lowest BCUT2D eigenvalue weighted by Crippen LogP contribution is -2.24. The summed E-state index contributed by atoms with van der Waals surface area (Å²) in [4.78, 5) is 23.9. The average Bonchev–Trinajstić information content (AvgIpc) is 2.65. The Kier molecular flexibility index (Phi) is 7.39. The quantitative estimate of drug-likeness (QED) is 0.660. The second-order valence-electron chi connectivity index (χ2n) is 6.95. The summed E-state index contributed by atoms with van der Waals surface area (Å²) in [7, 11) is -3.51. The number of hydrogen-bond acceptors (Lipinski definition) is 6. The van der Waals surface area contributed by atoms with Crippen molar-refractivity contribution in [1.82, 2.24) is 0 Å². The fourth-order valence-electron chi connectivity index (χ4n) is 2.54. The van der Waals surface area contributed by atoms with E-state index in [2.05, 4.69) is 19.2 Å². The van der Waals surface area contributed by atoms with Gasteiger partial charge in [0.05, 0.1) is 10.6 Å². The number of rotatable bonds is 8. The van der Waals surface area contributed by atoms with Crippen LogP contribution >= 0.6 is 0 Å². The largest absolute Gasteiger partial charge is 0.482 e. The molecule has 2 rings (SSSR count). The van der Waals surface area contributed by atoms with E-state index in [0.29, 0.717) is 11.7 Å². The Hall–Kier alpha value is -2.87. The normalized spacial score (nSPS) is 11.2. The fourth-order valence-corrected chi connectivity index (χ4v) is 3.38. The van der Waals surface area contributed by atoms with E-state index in [1.54, 1.807) is 12.1 Å². The molecular formula is C21H25NO6S. The van der Waals surface area contributed by atoms with E-state index in [-0.39, 0.29) is 17.2 Å². The van der Waals surface area contributed by atoms with E-state index in [0.717, 1.165) is 17.4 Å². The molecule has 0 aliphatic rings. The number of para-hydroxylation sites is 1. The minimum atomic E-state index is -3.51. The molecule has 2 aromatic rings. The smallest absolute Gasteiger partial charge is 0.344 e. The highest BCUT2D eigenvalue weighted by Crippen LogP contribution is 2.24. The van der Waals surface area contributed by atoms with E-state index in [1.807, 2.05) is 25.1 Å². The number of hydrogen-bond donors (Lipinski definition) is 1. The van der Waals surface area contributed by atoms with Crippen LogP contribution in [0.2, 0.25) is 0 Å². The van der Waals surface area contributed by atoms with Gasteiger partial charge in [-0.05, 0) is 42.2 Å². The topological polar surface area (TPSA) is 98.8 Å². The summed E-state index contributed by atoms with van der Waals surface area (Å²) >= 11 is 0. The van der Waals surface area contributed by atoms with Gasteiger partial charge in [-0.15, -0.1) is 0 Å². The van der Waals surface area contributed by atoms with Crippen molar-refractivity contribution in [2.75, 3.05) is 24.8 Å². The average molecular weight is 419 g/mol. The molecule has 1 amide bonds. The van der Waals surface area contributed by atoms with Crippen molar-refractivity contribution in [1.29, 1.82) is 0 Å². The molecule has 0 bridgehead atoms. The zero-order valence-electron chi connectivity index (χ0n) is 16.9. The maximum absolute atomic E-state index is 12.0. The van der Waals surface area contributed by atoms with Gasteiger partial charge in [-0.25, -0.2) is 13.2 Å². The first-order valence-corrected chi connectivity index (χ1v) is 10.9. The van der Waals surface area contributed by atoms with Crippen LogP contribution in [0.3, 0.4) is 0 Å². The van der Waals surface area contributed by atoms with E-state index in [4.69, 9.17) is 9.47 Å². The minimum Gasteiger partial charge on any atom is -0.482 e. The molecular weight excluding hydrogens is 394 g/mol. The molecule has 0 aliphatic carbocycles. The molecule has 0 aliphatic heterocycles. The highest BCUT2D eigenvalue weighted by Gasteiger charge is 2.16. The van der Waals surface area contributed by atoms with Gasteiger partial charge < -0.3 is 14.8 Å². The predicted octanol–water partition coefficient (Wildman–Crippen LogP) is 3.08. The van der Waals surface area contributed by atoms with Gasteiger partial charge in [0.15, 0.2) is 23.1 Å². The third-order valence-corrected chi connectivity index (χ3v) is 5.30. The van der Waals surface area contributed by atoms with Crippen molar-refractivity contribution in [3.63, 3.8) is 0 Å². The number of anilines is 1. The van der Waals surface area contributed by atoms with Crippen LogP contribution in [0.1, 0.15) is 30.9 Å². The van der Waals surface area contributed by atoms with Gasteiger partial charge in [0.25, 0.3) is 5.91 Å². The molecule has 0 unspecified atom stereocenters. The first-order valence-electron chi connectivity index (χ1n) is 9.06. The van der Waals surface area contributed by atoms with Gasteiger partial charge >= 0.3 is 5.97 Å². The second-order valence-corrected chi connectivity index (χ2v) is 8.93. The van der Waals surface area contributed by atoms with E-state index in [1.165, 1.54) is 12.1 Å². The van der Waals surface area contributed by atoms with Crippen molar-refractivity contribution in [3.8, 4) is 5.75 Å². The van der Waals surface area contributed by atoms with E-state index in [9.17, 15) is 18.0 Å². The number of benzene rings is 2. The standard InChI is InChI=1S/C21H25NO6S/c1-14(2)16-10-9-15(3)18(11-16)27-13-21(24)28-12-20(23)22-17-7-5-6-8-19(17)29(4,25)26/h5-11,14H,12-13H2,1-4H3,(H,22,23). The molecule has 156 valence electrons. The highest BCUT2D eigenvalue weighted by atomic mass is 32.2. The number of carbonyl (C=O) groups excluding carboxylic acids is 2. The van der Waals surface area contributed by atoms with Crippen LogP contribution in [-0.2, 0) is 24.2 Å². The summed E-state index contributed by atoms with van der Waals surface area (Å²) in [6.07, 6.45) is 1.05. The summed E-state index contributed by atoms with van der Waals surface area (Å²) < 4.78 is 34.0. The third-order valence-electron chi connectivity index (χ3n) is 4.15. The van der Waals surface area contributed by atoms with Crippen molar-refractivity contribution in [2.45, 2.75) is 31.6 Å². The van der Waals surface area contributed by atoms with Crippen LogP contribution in [0, 0.1) is 6.92 Å². The molecule has 0 radical (unpaired) electrons. The summed E-state index contributed by atoms with van der Waals surface area (Å²) in [5.41, 5.74) is 2.11. The molecule has 0 saturated carbocycles. The van der Waals surface area contributed by atoms with Crippen molar-refractivity contribution < 1.29 is 27.5 Å². The third kappa shape index (κ3) is 6.60. The van der Waals surface area contributed by atoms with Crippen LogP contribution in [0.15, 0.2) is 47.4 Å². The summed E-state index contributed by atoms with van der Waals surface area (Å²) in [6.45, 7) is 5.10. The van der Waals surface area contributed by atoms with Crippen LogP contribution in [-0.4, -0.2) is 39.8 Å². The lowest BCUT2D eigenvalue weighted by atomic mass is 10.0.